The van der Waals surface area contributed by atoms with E-state index in [1.165, 1.54) is 0 Å². The predicted octanol–water partition coefficient (Wildman–Crippen LogP) is 2.55. The van der Waals surface area contributed by atoms with Crippen molar-refractivity contribution >= 4 is 5.69 Å². The van der Waals surface area contributed by atoms with Crippen molar-refractivity contribution in [3.63, 3.8) is 0 Å². The summed E-state index contributed by atoms with van der Waals surface area (Å²) < 4.78 is 5.58. The zero-order chi connectivity index (χ0) is 11.4. The molecule has 0 bridgehead atoms. The fraction of sp³-hybridized carbons (Fsp3) is 0.154. The summed E-state index contributed by atoms with van der Waals surface area (Å²) in [6.45, 7) is 2.46. The van der Waals surface area contributed by atoms with Crippen LogP contribution in [0.2, 0.25) is 0 Å². The van der Waals surface area contributed by atoms with Gasteiger partial charge in [-0.3, -0.25) is 4.98 Å². The van der Waals surface area contributed by atoms with Gasteiger partial charge in [0, 0.05) is 11.4 Å². The zero-order valence-electron chi connectivity index (χ0n) is 9.18. The molecule has 2 aromatic rings. The molecule has 0 fully saturated rings. The minimum absolute atomic E-state index is 0.510. The molecule has 1 heterocycles. The SMILES string of the molecule is Cc1ccc(OCc2cccc(N)c2)cn1. The van der Waals surface area contributed by atoms with E-state index >= 15 is 0 Å². The summed E-state index contributed by atoms with van der Waals surface area (Å²) in [5.74, 6) is 0.771. The van der Waals surface area contributed by atoms with E-state index in [0.29, 0.717) is 6.61 Å². The second-order valence-corrected chi connectivity index (χ2v) is 3.67. The van der Waals surface area contributed by atoms with Crippen molar-refractivity contribution < 1.29 is 4.74 Å². The molecule has 3 heteroatoms. The molecule has 1 aromatic carbocycles. The van der Waals surface area contributed by atoms with E-state index in [0.717, 1.165) is 22.7 Å². The van der Waals surface area contributed by atoms with Gasteiger partial charge in [0.2, 0.25) is 0 Å². The average Bonchev–Trinajstić information content (AvgIpc) is 2.28. The number of nitrogens with zero attached hydrogens (tertiary/aromatic N) is 1. The smallest absolute Gasteiger partial charge is 0.138 e. The number of nitrogen functional groups attached to an aromatic ring is 1. The lowest BCUT2D eigenvalue weighted by molar-refractivity contribution is 0.305. The van der Waals surface area contributed by atoms with E-state index < -0.39 is 0 Å². The molecule has 0 aliphatic rings. The van der Waals surface area contributed by atoms with Gasteiger partial charge < -0.3 is 10.5 Å². The van der Waals surface area contributed by atoms with Crippen LogP contribution >= 0.6 is 0 Å². The number of benzene rings is 1. The molecule has 0 unspecified atom stereocenters. The molecule has 82 valence electrons. The fourth-order valence-electron chi connectivity index (χ4n) is 1.39. The van der Waals surface area contributed by atoms with Gasteiger partial charge in [0.05, 0.1) is 6.20 Å². The molecular weight excluding hydrogens is 200 g/mol. The number of rotatable bonds is 3. The Labute approximate surface area is 94.9 Å². The molecular formula is C13H14N2O. The monoisotopic (exact) mass is 214 g/mol. The van der Waals surface area contributed by atoms with Crippen LogP contribution in [0.1, 0.15) is 11.3 Å². The molecule has 2 rings (SSSR count). The summed E-state index contributed by atoms with van der Waals surface area (Å²) in [5.41, 5.74) is 8.47. The first-order valence-electron chi connectivity index (χ1n) is 5.14. The van der Waals surface area contributed by atoms with Crippen molar-refractivity contribution in [3.05, 3.63) is 53.9 Å². The van der Waals surface area contributed by atoms with E-state index in [1.54, 1.807) is 6.20 Å². The molecule has 3 nitrogen and oxygen atoms in total. The molecule has 0 spiro atoms. The Morgan fingerprint density at radius 3 is 2.81 bits per heavy atom. The fourth-order valence-corrected chi connectivity index (χ4v) is 1.39. The topological polar surface area (TPSA) is 48.1 Å². The molecule has 0 atom stereocenters. The van der Waals surface area contributed by atoms with Crippen molar-refractivity contribution in [2.24, 2.45) is 0 Å². The van der Waals surface area contributed by atoms with E-state index in [1.807, 2.05) is 43.3 Å². The van der Waals surface area contributed by atoms with Crippen molar-refractivity contribution in [1.29, 1.82) is 0 Å². The maximum Gasteiger partial charge on any atom is 0.138 e. The molecule has 0 saturated heterocycles. The van der Waals surface area contributed by atoms with Gasteiger partial charge in [0.15, 0.2) is 0 Å². The van der Waals surface area contributed by atoms with E-state index in [4.69, 9.17) is 10.5 Å². The van der Waals surface area contributed by atoms with Crippen molar-refractivity contribution in [3.8, 4) is 5.75 Å². The van der Waals surface area contributed by atoms with E-state index in [9.17, 15) is 0 Å². The second kappa shape index (κ2) is 4.66. The molecule has 0 radical (unpaired) electrons. The number of aryl methyl sites for hydroxylation is 1. The number of hydrogen-bond donors (Lipinski definition) is 1. The van der Waals surface area contributed by atoms with Crippen LogP contribution in [-0.2, 0) is 6.61 Å². The number of anilines is 1. The molecule has 0 saturated carbocycles. The number of nitrogens with two attached hydrogens (primary N) is 1. The van der Waals surface area contributed by atoms with Gasteiger partial charge in [-0.2, -0.15) is 0 Å². The minimum atomic E-state index is 0.510. The summed E-state index contributed by atoms with van der Waals surface area (Å²) in [4.78, 5) is 4.16. The third-order valence-electron chi connectivity index (χ3n) is 2.24. The first kappa shape index (κ1) is 10.5. The second-order valence-electron chi connectivity index (χ2n) is 3.67. The van der Waals surface area contributed by atoms with Crippen LogP contribution in [0.4, 0.5) is 5.69 Å². The summed E-state index contributed by atoms with van der Waals surface area (Å²) >= 11 is 0. The molecule has 0 aliphatic carbocycles. The molecule has 2 N–H and O–H groups in total. The Morgan fingerprint density at radius 1 is 1.25 bits per heavy atom. The Balaban J connectivity index is 1.99. The molecule has 1 aromatic heterocycles. The zero-order valence-corrected chi connectivity index (χ0v) is 9.18. The van der Waals surface area contributed by atoms with Crippen LogP contribution in [0.25, 0.3) is 0 Å². The van der Waals surface area contributed by atoms with Gasteiger partial charge in [0.25, 0.3) is 0 Å². The Hall–Kier alpha value is -2.03. The van der Waals surface area contributed by atoms with Gasteiger partial charge in [0.1, 0.15) is 12.4 Å². The van der Waals surface area contributed by atoms with Crippen LogP contribution in [0.15, 0.2) is 42.6 Å². The number of ether oxygens (including phenoxy) is 1. The van der Waals surface area contributed by atoms with Gasteiger partial charge in [-0.05, 0) is 36.8 Å². The molecule has 0 amide bonds. The van der Waals surface area contributed by atoms with Crippen molar-refractivity contribution in [2.75, 3.05) is 5.73 Å². The first-order chi connectivity index (χ1) is 7.74. The standard InChI is InChI=1S/C13H14N2O/c1-10-5-6-13(8-15-10)16-9-11-3-2-4-12(14)7-11/h2-8H,9,14H2,1H3. The Kier molecular flexibility index (Phi) is 3.05. The number of pyridine rings is 1. The van der Waals surface area contributed by atoms with Crippen molar-refractivity contribution in [2.45, 2.75) is 13.5 Å². The Bertz CT molecular complexity index is 466. The Morgan fingerprint density at radius 2 is 2.12 bits per heavy atom. The average molecular weight is 214 g/mol. The normalized spacial score (nSPS) is 10.1. The maximum absolute atomic E-state index is 5.68. The summed E-state index contributed by atoms with van der Waals surface area (Å²) in [6.07, 6.45) is 1.72. The number of aromatic nitrogens is 1. The minimum Gasteiger partial charge on any atom is -0.487 e. The highest BCUT2D eigenvalue weighted by molar-refractivity contribution is 5.40. The van der Waals surface area contributed by atoms with Crippen LogP contribution < -0.4 is 10.5 Å². The summed E-state index contributed by atoms with van der Waals surface area (Å²) in [6, 6.07) is 11.5. The third-order valence-corrected chi connectivity index (χ3v) is 2.24. The lowest BCUT2D eigenvalue weighted by atomic mass is 10.2. The summed E-state index contributed by atoms with van der Waals surface area (Å²) in [5, 5.41) is 0. The lowest BCUT2D eigenvalue weighted by Gasteiger charge is -2.06. The lowest BCUT2D eigenvalue weighted by Crippen LogP contribution is -1.97. The molecule has 0 aliphatic heterocycles. The van der Waals surface area contributed by atoms with Gasteiger partial charge in [-0.1, -0.05) is 12.1 Å². The van der Waals surface area contributed by atoms with Crippen LogP contribution in [-0.4, -0.2) is 4.98 Å². The summed E-state index contributed by atoms with van der Waals surface area (Å²) in [7, 11) is 0. The van der Waals surface area contributed by atoms with Crippen LogP contribution in [0, 0.1) is 6.92 Å². The van der Waals surface area contributed by atoms with Gasteiger partial charge in [-0.25, -0.2) is 0 Å². The number of hydrogen-bond acceptors (Lipinski definition) is 3. The first-order valence-corrected chi connectivity index (χ1v) is 5.14. The van der Waals surface area contributed by atoms with E-state index in [2.05, 4.69) is 4.98 Å². The van der Waals surface area contributed by atoms with Gasteiger partial charge >= 0.3 is 0 Å². The quantitative estimate of drug-likeness (QED) is 0.799. The van der Waals surface area contributed by atoms with Gasteiger partial charge in [-0.15, -0.1) is 0 Å². The highest BCUT2D eigenvalue weighted by Crippen LogP contribution is 2.13. The largest absolute Gasteiger partial charge is 0.487 e. The van der Waals surface area contributed by atoms with Crippen LogP contribution in [0.3, 0.4) is 0 Å². The highest BCUT2D eigenvalue weighted by atomic mass is 16.5. The maximum atomic E-state index is 5.68. The predicted molar refractivity (Wildman–Crippen MR) is 64.2 cm³/mol. The van der Waals surface area contributed by atoms with Crippen molar-refractivity contribution in [1.82, 2.24) is 4.98 Å². The van der Waals surface area contributed by atoms with E-state index in [-0.39, 0.29) is 0 Å². The highest BCUT2D eigenvalue weighted by Gasteiger charge is 1.96. The van der Waals surface area contributed by atoms with Crippen LogP contribution in [0.5, 0.6) is 5.75 Å². The molecule has 16 heavy (non-hydrogen) atoms. The third kappa shape index (κ3) is 2.73.